The van der Waals surface area contributed by atoms with Crippen molar-refractivity contribution in [3.05, 3.63) is 0 Å². The van der Waals surface area contributed by atoms with Crippen LogP contribution in [0.5, 0.6) is 0 Å². The number of amides is 1. The molecule has 0 aromatic rings. The molecule has 0 spiro atoms. The Morgan fingerprint density at radius 1 is 0.957 bits per heavy atom. The molecule has 23 heavy (non-hydrogen) atoms. The number of aliphatic hydroxyl groups excluding tert-OH is 1. The summed E-state index contributed by atoms with van der Waals surface area (Å²) in [7, 11) is 0. The van der Waals surface area contributed by atoms with Crippen LogP contribution in [0.4, 0.5) is 0 Å². The van der Waals surface area contributed by atoms with Gasteiger partial charge in [-0.2, -0.15) is 0 Å². The Labute approximate surface area is 139 Å². The van der Waals surface area contributed by atoms with Gasteiger partial charge >= 0.3 is 0 Å². The minimum Gasteiger partial charge on any atom is -0.395 e. The van der Waals surface area contributed by atoms with Gasteiger partial charge in [0.2, 0.25) is 5.91 Å². The number of nitrogens with one attached hydrogen (secondary N) is 1. The summed E-state index contributed by atoms with van der Waals surface area (Å²) in [6.45, 7) is 5.67. The monoisotopic (exact) mass is 321 g/mol. The minimum absolute atomic E-state index is 0.0204. The highest BCUT2D eigenvalue weighted by molar-refractivity contribution is 5.83. The lowest BCUT2D eigenvalue weighted by molar-refractivity contribution is -0.147. The van der Waals surface area contributed by atoms with Gasteiger partial charge in [-0.25, -0.2) is 0 Å². The van der Waals surface area contributed by atoms with Crippen molar-refractivity contribution in [1.29, 1.82) is 0 Å². The van der Waals surface area contributed by atoms with Crippen molar-refractivity contribution in [2.75, 3.05) is 46.0 Å². The molecule has 1 saturated heterocycles. The first-order valence-corrected chi connectivity index (χ1v) is 9.51. The van der Waals surface area contributed by atoms with Crippen LogP contribution in [0.25, 0.3) is 0 Å². The maximum Gasteiger partial charge on any atom is 0.227 e. The van der Waals surface area contributed by atoms with E-state index in [1.165, 1.54) is 19.3 Å². The zero-order valence-electron chi connectivity index (χ0n) is 14.2. The lowest BCUT2D eigenvalue weighted by Gasteiger charge is -2.55. The molecule has 130 valence electrons. The lowest BCUT2D eigenvalue weighted by Crippen LogP contribution is -2.56. The molecule has 1 heterocycles. The number of carbonyl (C=O) groups is 1. The Balaban J connectivity index is 1.28. The molecule has 1 aliphatic heterocycles. The van der Waals surface area contributed by atoms with Crippen LogP contribution in [0.15, 0.2) is 0 Å². The van der Waals surface area contributed by atoms with E-state index in [1.54, 1.807) is 0 Å². The normalized spacial score (nSPS) is 40.5. The van der Waals surface area contributed by atoms with Crippen LogP contribution in [0.3, 0.4) is 0 Å². The second-order valence-corrected chi connectivity index (χ2v) is 8.55. The number of carbonyl (C=O) groups excluding carboxylic acids is 1. The molecule has 5 fully saturated rings. The molecule has 0 unspecified atom stereocenters. The first-order valence-electron chi connectivity index (χ1n) is 9.51. The van der Waals surface area contributed by atoms with Crippen LogP contribution < -0.4 is 5.32 Å². The van der Waals surface area contributed by atoms with Crippen molar-refractivity contribution < 1.29 is 9.90 Å². The summed E-state index contributed by atoms with van der Waals surface area (Å²) in [5, 5.41) is 12.3. The second-order valence-electron chi connectivity index (χ2n) is 8.55. The highest BCUT2D eigenvalue weighted by atomic mass is 16.3. The molecule has 1 amide bonds. The van der Waals surface area contributed by atoms with Gasteiger partial charge in [-0.1, -0.05) is 0 Å². The minimum atomic E-state index is -0.0204. The molecular weight excluding hydrogens is 290 g/mol. The predicted molar refractivity (Wildman–Crippen MR) is 88.7 cm³/mol. The number of rotatable bonds is 5. The van der Waals surface area contributed by atoms with E-state index >= 15 is 0 Å². The highest BCUT2D eigenvalue weighted by Gasteiger charge is 2.54. The average molecular weight is 321 g/mol. The largest absolute Gasteiger partial charge is 0.395 e. The molecule has 0 aromatic heterocycles. The van der Waals surface area contributed by atoms with Gasteiger partial charge in [-0.05, 0) is 56.3 Å². The van der Waals surface area contributed by atoms with E-state index in [0.717, 1.165) is 69.7 Å². The van der Waals surface area contributed by atoms with Crippen LogP contribution in [0.2, 0.25) is 0 Å². The van der Waals surface area contributed by atoms with E-state index in [9.17, 15) is 4.79 Å². The standard InChI is InChI=1S/C18H31N3O2/c22-6-5-20-1-3-21(4-2-20)13-19-17(23)18-10-14-7-15(11-18)9-16(8-14)12-18/h14-16,22H,1-13H2,(H,19,23). The van der Waals surface area contributed by atoms with Crippen LogP contribution in [0.1, 0.15) is 38.5 Å². The molecule has 5 rings (SSSR count). The number of nitrogens with zero attached hydrogens (tertiary/aromatic N) is 2. The SMILES string of the molecule is O=C(NCN1CCN(CCO)CC1)C12CC3CC(CC(C3)C1)C2. The first kappa shape index (κ1) is 15.9. The van der Waals surface area contributed by atoms with Crippen molar-refractivity contribution in [1.82, 2.24) is 15.1 Å². The number of aliphatic hydroxyl groups is 1. The number of piperazine rings is 1. The molecule has 4 saturated carbocycles. The van der Waals surface area contributed by atoms with Gasteiger partial charge in [0.1, 0.15) is 0 Å². The summed E-state index contributed by atoms with van der Waals surface area (Å²) in [5.41, 5.74) is -0.0204. The van der Waals surface area contributed by atoms with Crippen molar-refractivity contribution >= 4 is 5.91 Å². The number of β-amino-alcohol motifs (C(OH)–C–C–N with tert-alkyl or cyclic N) is 1. The van der Waals surface area contributed by atoms with Crippen LogP contribution >= 0.6 is 0 Å². The third-order valence-corrected chi connectivity index (χ3v) is 6.86. The quantitative estimate of drug-likeness (QED) is 0.789. The topological polar surface area (TPSA) is 55.8 Å². The highest BCUT2D eigenvalue weighted by Crippen LogP contribution is 2.60. The molecule has 4 bridgehead atoms. The molecule has 4 aliphatic carbocycles. The summed E-state index contributed by atoms with van der Waals surface area (Å²) >= 11 is 0. The van der Waals surface area contributed by atoms with Gasteiger partial charge in [0.25, 0.3) is 0 Å². The third-order valence-electron chi connectivity index (χ3n) is 6.86. The fourth-order valence-electron chi connectivity index (χ4n) is 6.07. The Morgan fingerprint density at radius 3 is 2.00 bits per heavy atom. The molecule has 5 nitrogen and oxygen atoms in total. The Hall–Kier alpha value is -0.650. The average Bonchev–Trinajstić information content (AvgIpc) is 2.53. The van der Waals surface area contributed by atoms with Gasteiger partial charge in [0.15, 0.2) is 0 Å². The summed E-state index contributed by atoms with van der Waals surface area (Å²) in [6, 6.07) is 0. The molecule has 0 radical (unpaired) electrons. The number of hydrogen-bond acceptors (Lipinski definition) is 4. The van der Waals surface area contributed by atoms with Crippen LogP contribution in [-0.2, 0) is 4.79 Å². The number of hydrogen-bond donors (Lipinski definition) is 2. The Kier molecular flexibility index (Phi) is 4.37. The van der Waals surface area contributed by atoms with Gasteiger partial charge in [0, 0.05) is 32.7 Å². The van der Waals surface area contributed by atoms with E-state index in [1.807, 2.05) is 0 Å². The molecule has 5 heteroatoms. The molecule has 5 aliphatic rings. The van der Waals surface area contributed by atoms with E-state index in [-0.39, 0.29) is 12.0 Å². The zero-order valence-corrected chi connectivity index (χ0v) is 14.2. The zero-order chi connectivity index (χ0) is 15.9. The lowest BCUT2D eigenvalue weighted by atomic mass is 9.49. The molecule has 2 N–H and O–H groups in total. The van der Waals surface area contributed by atoms with E-state index < -0.39 is 0 Å². The first-order chi connectivity index (χ1) is 11.2. The van der Waals surface area contributed by atoms with Crippen molar-refractivity contribution in [2.24, 2.45) is 23.2 Å². The fourth-order valence-corrected chi connectivity index (χ4v) is 6.07. The Bertz CT molecular complexity index is 410. The summed E-state index contributed by atoms with van der Waals surface area (Å²) in [4.78, 5) is 17.6. The smallest absolute Gasteiger partial charge is 0.227 e. The fraction of sp³-hybridized carbons (Fsp3) is 0.944. The van der Waals surface area contributed by atoms with E-state index in [0.29, 0.717) is 12.6 Å². The third kappa shape index (κ3) is 3.15. The summed E-state index contributed by atoms with van der Waals surface area (Å²) in [6.07, 6.45) is 7.61. The van der Waals surface area contributed by atoms with Crippen molar-refractivity contribution in [3.8, 4) is 0 Å². The summed E-state index contributed by atoms with van der Waals surface area (Å²) in [5.74, 6) is 2.83. The maximum absolute atomic E-state index is 12.9. The second kappa shape index (κ2) is 6.34. The van der Waals surface area contributed by atoms with E-state index in [4.69, 9.17) is 5.11 Å². The van der Waals surface area contributed by atoms with Gasteiger partial charge in [0.05, 0.1) is 18.7 Å². The van der Waals surface area contributed by atoms with Gasteiger partial charge in [-0.15, -0.1) is 0 Å². The van der Waals surface area contributed by atoms with Crippen LogP contribution in [0, 0.1) is 23.2 Å². The van der Waals surface area contributed by atoms with Crippen molar-refractivity contribution in [3.63, 3.8) is 0 Å². The van der Waals surface area contributed by atoms with Gasteiger partial charge in [-0.3, -0.25) is 14.6 Å². The molecule has 0 atom stereocenters. The maximum atomic E-state index is 12.9. The molecular formula is C18H31N3O2. The summed E-state index contributed by atoms with van der Waals surface area (Å²) < 4.78 is 0. The molecule has 0 aromatic carbocycles. The van der Waals surface area contributed by atoms with Crippen LogP contribution in [-0.4, -0.2) is 66.8 Å². The van der Waals surface area contributed by atoms with E-state index in [2.05, 4.69) is 15.1 Å². The predicted octanol–water partition coefficient (Wildman–Crippen LogP) is 0.886. The van der Waals surface area contributed by atoms with Gasteiger partial charge < -0.3 is 10.4 Å². The van der Waals surface area contributed by atoms with Crippen molar-refractivity contribution in [2.45, 2.75) is 38.5 Å². The Morgan fingerprint density at radius 2 is 1.48 bits per heavy atom.